The third kappa shape index (κ3) is 3.57. The Balaban J connectivity index is 1.58. The molecule has 1 aliphatic heterocycles. The van der Waals surface area contributed by atoms with Crippen molar-refractivity contribution in [3.63, 3.8) is 0 Å². The molecule has 2 aromatic rings. The molecule has 0 spiro atoms. The second-order valence-corrected chi connectivity index (χ2v) is 5.25. The molecule has 0 bridgehead atoms. The molecule has 2 aromatic carbocycles. The van der Waals surface area contributed by atoms with Crippen LogP contribution in [0.4, 0.5) is 10.1 Å². The highest BCUT2D eigenvalue weighted by molar-refractivity contribution is 6.30. The van der Waals surface area contributed by atoms with Gasteiger partial charge in [-0.25, -0.2) is 9.18 Å². The number of hydrogen-bond donors (Lipinski definition) is 1. The number of hydrogen-bond acceptors (Lipinski definition) is 5. The van der Waals surface area contributed by atoms with Gasteiger partial charge in [0.1, 0.15) is 5.82 Å². The zero-order valence-electron chi connectivity index (χ0n) is 12.2. The van der Waals surface area contributed by atoms with E-state index in [4.69, 9.17) is 25.8 Å². The topological polar surface area (TPSA) is 73.9 Å². The molecule has 0 aliphatic carbocycles. The Morgan fingerprint density at radius 2 is 1.96 bits per heavy atom. The Hall–Kier alpha value is -2.80. The SMILES string of the molecule is O=C(COC(=O)c1ccc2c(c1)OCO2)Nc1cc(Cl)ccc1F. The molecule has 0 atom stereocenters. The zero-order chi connectivity index (χ0) is 17.1. The van der Waals surface area contributed by atoms with E-state index in [1.165, 1.54) is 24.3 Å². The first-order valence-corrected chi connectivity index (χ1v) is 7.22. The largest absolute Gasteiger partial charge is 0.454 e. The van der Waals surface area contributed by atoms with Crippen LogP contribution in [0, 0.1) is 5.82 Å². The van der Waals surface area contributed by atoms with Crippen LogP contribution in [0.1, 0.15) is 10.4 Å². The minimum atomic E-state index is -0.713. The molecular weight excluding hydrogens is 341 g/mol. The summed E-state index contributed by atoms with van der Waals surface area (Å²) in [7, 11) is 0. The van der Waals surface area contributed by atoms with Crippen molar-refractivity contribution in [2.45, 2.75) is 0 Å². The number of ether oxygens (including phenoxy) is 3. The first-order valence-electron chi connectivity index (χ1n) is 6.84. The van der Waals surface area contributed by atoms with Crippen molar-refractivity contribution in [2.75, 3.05) is 18.7 Å². The molecule has 0 saturated heterocycles. The molecule has 124 valence electrons. The molecule has 1 heterocycles. The standard InChI is InChI=1S/C16H11ClFNO5/c17-10-2-3-11(18)12(6-10)19-15(20)7-22-16(21)9-1-4-13-14(5-9)24-8-23-13/h1-6H,7-8H2,(H,19,20). The van der Waals surface area contributed by atoms with Crippen molar-refractivity contribution in [1.29, 1.82) is 0 Å². The maximum atomic E-state index is 13.5. The number of nitrogens with one attached hydrogen (secondary N) is 1. The minimum Gasteiger partial charge on any atom is -0.454 e. The molecule has 0 unspecified atom stereocenters. The number of carbonyl (C=O) groups is 2. The lowest BCUT2D eigenvalue weighted by atomic mass is 10.2. The fraction of sp³-hybridized carbons (Fsp3) is 0.125. The Kier molecular flexibility index (Phi) is 4.52. The van der Waals surface area contributed by atoms with Gasteiger partial charge in [0.05, 0.1) is 11.3 Å². The third-order valence-electron chi connectivity index (χ3n) is 3.15. The quantitative estimate of drug-likeness (QED) is 0.857. The van der Waals surface area contributed by atoms with Gasteiger partial charge in [-0.1, -0.05) is 11.6 Å². The maximum Gasteiger partial charge on any atom is 0.338 e. The average molecular weight is 352 g/mol. The van der Waals surface area contributed by atoms with Gasteiger partial charge in [0.2, 0.25) is 6.79 Å². The van der Waals surface area contributed by atoms with E-state index in [9.17, 15) is 14.0 Å². The monoisotopic (exact) mass is 351 g/mol. The number of fused-ring (bicyclic) bond motifs is 1. The number of amides is 1. The van der Waals surface area contributed by atoms with Crippen molar-refractivity contribution in [1.82, 2.24) is 0 Å². The van der Waals surface area contributed by atoms with E-state index >= 15 is 0 Å². The second kappa shape index (κ2) is 6.76. The Bertz CT molecular complexity index is 811. The predicted molar refractivity (Wildman–Crippen MR) is 82.9 cm³/mol. The number of anilines is 1. The van der Waals surface area contributed by atoms with Crippen LogP contribution in [0.25, 0.3) is 0 Å². The summed E-state index contributed by atoms with van der Waals surface area (Å²) < 4.78 is 28.7. The van der Waals surface area contributed by atoms with Crippen LogP contribution in [0.2, 0.25) is 5.02 Å². The van der Waals surface area contributed by atoms with Crippen molar-refractivity contribution >= 4 is 29.2 Å². The molecule has 1 N–H and O–H groups in total. The van der Waals surface area contributed by atoms with Gasteiger partial charge in [0.15, 0.2) is 18.1 Å². The maximum absolute atomic E-state index is 13.5. The van der Waals surface area contributed by atoms with Crippen molar-refractivity contribution in [3.8, 4) is 11.5 Å². The Morgan fingerprint density at radius 1 is 1.17 bits per heavy atom. The number of benzene rings is 2. The molecule has 24 heavy (non-hydrogen) atoms. The summed E-state index contributed by atoms with van der Waals surface area (Å²) in [6.45, 7) is -0.485. The Morgan fingerprint density at radius 3 is 2.79 bits per heavy atom. The number of halogens is 2. The molecular formula is C16H11ClFNO5. The third-order valence-corrected chi connectivity index (χ3v) is 3.38. The van der Waals surface area contributed by atoms with Crippen LogP contribution in [-0.4, -0.2) is 25.3 Å². The van der Waals surface area contributed by atoms with Crippen LogP contribution < -0.4 is 14.8 Å². The molecule has 0 fully saturated rings. The molecule has 0 saturated carbocycles. The van der Waals surface area contributed by atoms with E-state index in [0.29, 0.717) is 11.5 Å². The molecule has 0 radical (unpaired) electrons. The summed E-state index contributed by atoms with van der Waals surface area (Å²) >= 11 is 5.73. The summed E-state index contributed by atoms with van der Waals surface area (Å²) in [5.74, 6) is -1.09. The van der Waals surface area contributed by atoms with E-state index in [1.807, 2.05) is 0 Å². The van der Waals surface area contributed by atoms with E-state index in [1.54, 1.807) is 6.07 Å². The number of carbonyl (C=O) groups excluding carboxylic acids is 2. The van der Waals surface area contributed by atoms with Gasteiger partial charge < -0.3 is 19.5 Å². The van der Waals surface area contributed by atoms with Crippen LogP contribution in [0.5, 0.6) is 11.5 Å². The van der Waals surface area contributed by atoms with Crippen LogP contribution >= 0.6 is 11.6 Å². The van der Waals surface area contributed by atoms with E-state index in [2.05, 4.69) is 5.32 Å². The lowest BCUT2D eigenvalue weighted by Gasteiger charge is -2.08. The average Bonchev–Trinajstić information content (AvgIpc) is 3.03. The first-order chi connectivity index (χ1) is 11.5. The van der Waals surface area contributed by atoms with Crippen LogP contribution in [-0.2, 0) is 9.53 Å². The second-order valence-electron chi connectivity index (χ2n) is 4.82. The molecule has 1 amide bonds. The van der Waals surface area contributed by atoms with Gasteiger partial charge in [-0.2, -0.15) is 0 Å². The molecule has 1 aliphatic rings. The van der Waals surface area contributed by atoms with Gasteiger partial charge in [-0.3, -0.25) is 4.79 Å². The predicted octanol–water partition coefficient (Wildman–Crippen LogP) is 3.00. The number of esters is 1. The number of rotatable bonds is 4. The van der Waals surface area contributed by atoms with Crippen molar-refractivity contribution in [3.05, 3.63) is 52.8 Å². The molecule has 3 rings (SSSR count). The van der Waals surface area contributed by atoms with Gasteiger partial charge in [0.25, 0.3) is 5.91 Å². The minimum absolute atomic E-state index is 0.0848. The van der Waals surface area contributed by atoms with Crippen molar-refractivity contribution < 1.29 is 28.2 Å². The van der Waals surface area contributed by atoms with Crippen molar-refractivity contribution in [2.24, 2.45) is 0 Å². The van der Waals surface area contributed by atoms with Gasteiger partial charge >= 0.3 is 5.97 Å². The molecule has 8 heteroatoms. The van der Waals surface area contributed by atoms with E-state index < -0.39 is 24.3 Å². The fourth-order valence-electron chi connectivity index (χ4n) is 2.02. The normalized spacial score (nSPS) is 11.9. The summed E-state index contributed by atoms with van der Waals surface area (Å²) in [5.41, 5.74) is 0.118. The smallest absolute Gasteiger partial charge is 0.338 e. The summed E-state index contributed by atoms with van der Waals surface area (Å²) in [5, 5.41) is 2.55. The highest BCUT2D eigenvalue weighted by Crippen LogP contribution is 2.32. The van der Waals surface area contributed by atoms with Gasteiger partial charge in [-0.05, 0) is 36.4 Å². The van der Waals surface area contributed by atoms with Gasteiger partial charge in [0, 0.05) is 5.02 Å². The molecule has 0 aromatic heterocycles. The molecule has 6 nitrogen and oxygen atoms in total. The zero-order valence-corrected chi connectivity index (χ0v) is 12.9. The van der Waals surface area contributed by atoms with Gasteiger partial charge in [-0.15, -0.1) is 0 Å². The lowest BCUT2D eigenvalue weighted by Crippen LogP contribution is -2.21. The summed E-state index contributed by atoms with van der Waals surface area (Å²) in [6.07, 6.45) is 0. The van der Waals surface area contributed by atoms with E-state index in [-0.39, 0.29) is 23.1 Å². The highest BCUT2D eigenvalue weighted by atomic mass is 35.5. The Labute approximate surface area is 141 Å². The fourth-order valence-corrected chi connectivity index (χ4v) is 2.19. The lowest BCUT2D eigenvalue weighted by molar-refractivity contribution is -0.119. The summed E-state index contributed by atoms with van der Waals surface area (Å²) in [4.78, 5) is 23.7. The highest BCUT2D eigenvalue weighted by Gasteiger charge is 2.18. The van der Waals surface area contributed by atoms with E-state index in [0.717, 1.165) is 6.07 Å². The summed E-state index contributed by atoms with van der Waals surface area (Å²) in [6, 6.07) is 8.25. The van der Waals surface area contributed by atoms with Crippen LogP contribution in [0.15, 0.2) is 36.4 Å². The first kappa shape index (κ1) is 16.1. The van der Waals surface area contributed by atoms with Crippen LogP contribution in [0.3, 0.4) is 0 Å².